The van der Waals surface area contributed by atoms with E-state index in [1.807, 2.05) is 0 Å². The van der Waals surface area contributed by atoms with Crippen molar-refractivity contribution in [3.63, 3.8) is 0 Å². The first kappa shape index (κ1) is 13.5. The van der Waals surface area contributed by atoms with Gasteiger partial charge in [-0.2, -0.15) is 0 Å². The van der Waals surface area contributed by atoms with Crippen molar-refractivity contribution in [2.24, 2.45) is 5.73 Å². The van der Waals surface area contributed by atoms with E-state index in [0.29, 0.717) is 18.7 Å². The van der Waals surface area contributed by atoms with E-state index in [-0.39, 0.29) is 11.8 Å². The molecule has 0 bridgehead atoms. The lowest BCUT2D eigenvalue weighted by molar-refractivity contribution is 0.315. The van der Waals surface area contributed by atoms with Gasteiger partial charge in [0.25, 0.3) is 0 Å². The van der Waals surface area contributed by atoms with Gasteiger partial charge >= 0.3 is 0 Å². The number of piperidine rings is 1. The van der Waals surface area contributed by atoms with E-state index in [1.54, 1.807) is 6.07 Å². The van der Waals surface area contributed by atoms with Gasteiger partial charge < -0.3 is 5.73 Å². The van der Waals surface area contributed by atoms with Crippen LogP contribution in [0.5, 0.6) is 0 Å². The first-order valence-electron chi connectivity index (χ1n) is 5.95. The maximum atomic E-state index is 13.0. The van der Waals surface area contributed by atoms with Crippen molar-refractivity contribution in [3.8, 4) is 0 Å². The van der Waals surface area contributed by atoms with E-state index in [9.17, 15) is 12.8 Å². The molecule has 1 unspecified atom stereocenters. The minimum atomic E-state index is -3.40. The highest BCUT2D eigenvalue weighted by molar-refractivity contribution is 7.88. The zero-order valence-electron chi connectivity index (χ0n) is 10.0. The molecule has 1 saturated heterocycles. The largest absolute Gasteiger partial charge is 0.327 e. The van der Waals surface area contributed by atoms with Crippen molar-refractivity contribution in [3.05, 3.63) is 35.6 Å². The molecule has 0 aromatic heterocycles. The lowest BCUT2D eigenvalue weighted by Crippen LogP contribution is -2.46. The smallest absolute Gasteiger partial charge is 0.218 e. The Balaban J connectivity index is 2.11. The van der Waals surface area contributed by atoms with Crippen molar-refractivity contribution in [2.75, 3.05) is 13.1 Å². The molecule has 0 radical (unpaired) electrons. The molecule has 1 fully saturated rings. The topological polar surface area (TPSA) is 63.4 Å². The Kier molecular flexibility index (Phi) is 3.99. The Bertz CT molecular complexity index is 519. The maximum absolute atomic E-state index is 13.0. The van der Waals surface area contributed by atoms with E-state index in [4.69, 9.17) is 5.73 Å². The normalized spacial score (nSPS) is 22.0. The summed E-state index contributed by atoms with van der Waals surface area (Å²) in [7, 11) is -3.40. The molecule has 1 atom stereocenters. The average molecular weight is 272 g/mol. The third-order valence-electron chi connectivity index (χ3n) is 3.05. The van der Waals surface area contributed by atoms with Crippen LogP contribution in [0.1, 0.15) is 18.4 Å². The predicted octanol–water partition coefficient (Wildman–Crippen LogP) is 1.08. The molecule has 0 amide bonds. The van der Waals surface area contributed by atoms with Crippen LogP contribution in [0.2, 0.25) is 0 Å². The molecule has 1 heterocycles. The summed E-state index contributed by atoms with van der Waals surface area (Å²) in [5.74, 6) is -0.588. The average Bonchev–Trinajstić information content (AvgIpc) is 2.28. The molecule has 2 rings (SSSR count). The summed E-state index contributed by atoms with van der Waals surface area (Å²) in [5.41, 5.74) is 6.24. The van der Waals surface area contributed by atoms with E-state index in [0.717, 1.165) is 12.8 Å². The van der Waals surface area contributed by atoms with Crippen LogP contribution in [0.3, 0.4) is 0 Å². The second-order valence-electron chi connectivity index (χ2n) is 4.65. The fraction of sp³-hybridized carbons (Fsp3) is 0.500. The number of benzene rings is 1. The highest BCUT2D eigenvalue weighted by Gasteiger charge is 2.27. The zero-order valence-corrected chi connectivity index (χ0v) is 10.9. The quantitative estimate of drug-likeness (QED) is 0.895. The Morgan fingerprint density at radius 2 is 2.22 bits per heavy atom. The second-order valence-corrected chi connectivity index (χ2v) is 6.62. The van der Waals surface area contributed by atoms with Crippen molar-refractivity contribution >= 4 is 10.0 Å². The minimum Gasteiger partial charge on any atom is -0.327 e. The number of hydrogen-bond acceptors (Lipinski definition) is 3. The standard InChI is InChI=1S/C12H17FN2O2S/c13-11-4-1-3-10(7-11)9-18(16,17)15-6-2-5-12(14)8-15/h1,3-4,7,12H,2,5-6,8-9,14H2. The molecule has 1 aromatic carbocycles. The fourth-order valence-electron chi connectivity index (χ4n) is 2.16. The van der Waals surface area contributed by atoms with Gasteiger partial charge in [0.2, 0.25) is 10.0 Å². The van der Waals surface area contributed by atoms with Gasteiger partial charge in [0.15, 0.2) is 0 Å². The predicted molar refractivity (Wildman–Crippen MR) is 67.8 cm³/mol. The van der Waals surface area contributed by atoms with E-state index in [1.165, 1.54) is 22.5 Å². The summed E-state index contributed by atoms with van der Waals surface area (Å²) in [6, 6.07) is 5.59. The monoisotopic (exact) mass is 272 g/mol. The molecule has 1 aromatic rings. The van der Waals surface area contributed by atoms with Crippen molar-refractivity contribution in [1.82, 2.24) is 4.31 Å². The number of hydrogen-bond donors (Lipinski definition) is 1. The highest BCUT2D eigenvalue weighted by atomic mass is 32.2. The SMILES string of the molecule is NC1CCCN(S(=O)(=O)Cc2cccc(F)c2)C1. The van der Waals surface area contributed by atoms with Crippen molar-refractivity contribution in [1.29, 1.82) is 0 Å². The van der Waals surface area contributed by atoms with Crippen LogP contribution in [0.25, 0.3) is 0 Å². The van der Waals surface area contributed by atoms with Crippen LogP contribution in [-0.2, 0) is 15.8 Å². The van der Waals surface area contributed by atoms with Gasteiger partial charge in [-0.25, -0.2) is 17.1 Å². The molecule has 0 saturated carbocycles. The Labute approximate surface area is 107 Å². The number of rotatable bonds is 3. The zero-order chi connectivity index (χ0) is 13.2. The number of nitrogens with two attached hydrogens (primary N) is 1. The van der Waals surface area contributed by atoms with Crippen LogP contribution in [0.15, 0.2) is 24.3 Å². The molecule has 4 nitrogen and oxygen atoms in total. The summed E-state index contributed by atoms with van der Waals surface area (Å²) < 4.78 is 38.7. The van der Waals surface area contributed by atoms with Crippen LogP contribution in [0, 0.1) is 5.82 Å². The molecule has 1 aliphatic rings. The van der Waals surface area contributed by atoms with E-state index < -0.39 is 15.8 Å². The Morgan fingerprint density at radius 3 is 2.89 bits per heavy atom. The molecule has 6 heteroatoms. The molecule has 0 spiro atoms. The third-order valence-corrected chi connectivity index (χ3v) is 4.87. The van der Waals surface area contributed by atoms with Gasteiger partial charge in [-0.05, 0) is 30.5 Å². The summed E-state index contributed by atoms with van der Waals surface area (Å²) in [5, 5.41) is 0. The molecule has 100 valence electrons. The van der Waals surface area contributed by atoms with Gasteiger partial charge in [0, 0.05) is 19.1 Å². The van der Waals surface area contributed by atoms with Gasteiger partial charge in [0.05, 0.1) is 5.75 Å². The molecule has 0 aliphatic carbocycles. The van der Waals surface area contributed by atoms with Crippen LogP contribution in [-0.4, -0.2) is 31.9 Å². The maximum Gasteiger partial charge on any atom is 0.218 e. The number of sulfonamides is 1. The van der Waals surface area contributed by atoms with E-state index in [2.05, 4.69) is 0 Å². The molecule has 1 aliphatic heterocycles. The first-order valence-corrected chi connectivity index (χ1v) is 7.56. The van der Waals surface area contributed by atoms with Crippen LogP contribution in [0.4, 0.5) is 4.39 Å². The lowest BCUT2D eigenvalue weighted by atomic mass is 10.1. The molecular weight excluding hydrogens is 255 g/mol. The number of nitrogens with zero attached hydrogens (tertiary/aromatic N) is 1. The van der Waals surface area contributed by atoms with Crippen LogP contribution >= 0.6 is 0 Å². The summed E-state index contributed by atoms with van der Waals surface area (Å²) in [6.45, 7) is 0.864. The van der Waals surface area contributed by atoms with Gasteiger partial charge in [-0.3, -0.25) is 0 Å². The summed E-state index contributed by atoms with van der Waals surface area (Å²) in [6.07, 6.45) is 1.63. The van der Waals surface area contributed by atoms with E-state index >= 15 is 0 Å². The first-order chi connectivity index (χ1) is 8.47. The Hall–Kier alpha value is -0.980. The third kappa shape index (κ3) is 3.28. The van der Waals surface area contributed by atoms with Crippen LogP contribution < -0.4 is 5.73 Å². The highest BCUT2D eigenvalue weighted by Crippen LogP contribution is 2.17. The Morgan fingerprint density at radius 1 is 1.44 bits per heavy atom. The summed E-state index contributed by atoms with van der Waals surface area (Å²) >= 11 is 0. The molecular formula is C12H17FN2O2S. The second kappa shape index (κ2) is 5.34. The summed E-state index contributed by atoms with van der Waals surface area (Å²) in [4.78, 5) is 0. The molecule has 18 heavy (non-hydrogen) atoms. The van der Waals surface area contributed by atoms with Gasteiger partial charge in [-0.15, -0.1) is 0 Å². The van der Waals surface area contributed by atoms with Crippen molar-refractivity contribution in [2.45, 2.75) is 24.6 Å². The fourth-order valence-corrected chi connectivity index (χ4v) is 3.76. The van der Waals surface area contributed by atoms with Crippen molar-refractivity contribution < 1.29 is 12.8 Å². The lowest BCUT2D eigenvalue weighted by Gasteiger charge is -2.29. The van der Waals surface area contributed by atoms with Gasteiger partial charge in [0.1, 0.15) is 5.82 Å². The van der Waals surface area contributed by atoms with Gasteiger partial charge in [-0.1, -0.05) is 12.1 Å². The number of halogens is 1. The molecule has 2 N–H and O–H groups in total. The minimum absolute atomic E-state index is 0.0963.